The monoisotopic (exact) mass is 233 g/mol. The standard InChI is InChI=1S/C13H19N3O/c1-9(2)11-4-3-7-16(11)13(17)10-5-6-12(14)15-8-10/h5-6,8-9,11H,3-4,7H2,1-2H3,(H2,14,15). The smallest absolute Gasteiger partial charge is 0.255 e. The summed E-state index contributed by atoms with van der Waals surface area (Å²) >= 11 is 0. The molecule has 2 heterocycles. The number of nitrogens with zero attached hydrogens (tertiary/aromatic N) is 2. The van der Waals surface area contributed by atoms with Crippen LogP contribution in [0.15, 0.2) is 18.3 Å². The molecule has 0 radical (unpaired) electrons. The number of amides is 1. The number of hydrogen-bond donors (Lipinski definition) is 1. The van der Waals surface area contributed by atoms with E-state index >= 15 is 0 Å². The van der Waals surface area contributed by atoms with Crippen molar-refractivity contribution in [1.29, 1.82) is 0 Å². The predicted octanol–water partition coefficient (Wildman–Crippen LogP) is 1.92. The van der Waals surface area contributed by atoms with Gasteiger partial charge in [-0.2, -0.15) is 0 Å². The molecule has 1 aliphatic rings. The van der Waals surface area contributed by atoms with Crippen LogP contribution in [0.1, 0.15) is 37.0 Å². The maximum absolute atomic E-state index is 12.3. The first-order valence-electron chi connectivity index (χ1n) is 6.12. The second-order valence-corrected chi connectivity index (χ2v) is 4.92. The van der Waals surface area contributed by atoms with Gasteiger partial charge in [0.05, 0.1) is 5.56 Å². The molecule has 1 saturated heterocycles. The van der Waals surface area contributed by atoms with Crippen LogP contribution in [-0.2, 0) is 0 Å². The fraction of sp³-hybridized carbons (Fsp3) is 0.538. The van der Waals surface area contributed by atoms with Crippen molar-refractivity contribution in [1.82, 2.24) is 9.88 Å². The number of pyridine rings is 1. The normalized spacial score (nSPS) is 19.9. The maximum Gasteiger partial charge on any atom is 0.255 e. The van der Waals surface area contributed by atoms with E-state index in [9.17, 15) is 4.79 Å². The molecule has 1 aromatic heterocycles. The van der Waals surface area contributed by atoms with E-state index in [1.807, 2.05) is 4.90 Å². The molecule has 0 bridgehead atoms. The van der Waals surface area contributed by atoms with E-state index in [1.54, 1.807) is 18.3 Å². The van der Waals surface area contributed by atoms with Crippen LogP contribution in [0.3, 0.4) is 0 Å². The van der Waals surface area contributed by atoms with Crippen LogP contribution in [0.5, 0.6) is 0 Å². The molecule has 2 N–H and O–H groups in total. The molecule has 4 nitrogen and oxygen atoms in total. The second-order valence-electron chi connectivity index (χ2n) is 4.92. The number of anilines is 1. The van der Waals surface area contributed by atoms with Gasteiger partial charge in [0.25, 0.3) is 5.91 Å². The van der Waals surface area contributed by atoms with Crippen LogP contribution in [0, 0.1) is 5.92 Å². The molecule has 0 spiro atoms. The van der Waals surface area contributed by atoms with E-state index in [0.717, 1.165) is 19.4 Å². The van der Waals surface area contributed by atoms with Crippen molar-refractivity contribution < 1.29 is 4.79 Å². The van der Waals surface area contributed by atoms with Gasteiger partial charge >= 0.3 is 0 Å². The molecule has 92 valence electrons. The Morgan fingerprint density at radius 2 is 2.29 bits per heavy atom. The summed E-state index contributed by atoms with van der Waals surface area (Å²) in [5, 5.41) is 0. The maximum atomic E-state index is 12.3. The summed E-state index contributed by atoms with van der Waals surface area (Å²) in [6.45, 7) is 5.18. The van der Waals surface area contributed by atoms with Crippen molar-refractivity contribution >= 4 is 11.7 Å². The summed E-state index contributed by atoms with van der Waals surface area (Å²) in [7, 11) is 0. The van der Waals surface area contributed by atoms with Gasteiger partial charge < -0.3 is 10.6 Å². The zero-order valence-electron chi connectivity index (χ0n) is 10.4. The number of nitrogen functional groups attached to an aromatic ring is 1. The van der Waals surface area contributed by atoms with Gasteiger partial charge in [0.15, 0.2) is 0 Å². The molecule has 1 atom stereocenters. The van der Waals surface area contributed by atoms with E-state index in [2.05, 4.69) is 18.8 Å². The van der Waals surface area contributed by atoms with Gasteiger partial charge in [0.1, 0.15) is 5.82 Å². The van der Waals surface area contributed by atoms with Crippen molar-refractivity contribution in [3.63, 3.8) is 0 Å². The first kappa shape index (κ1) is 11.9. The largest absolute Gasteiger partial charge is 0.384 e. The number of rotatable bonds is 2. The lowest BCUT2D eigenvalue weighted by Crippen LogP contribution is -2.38. The van der Waals surface area contributed by atoms with Crippen molar-refractivity contribution in [3.8, 4) is 0 Å². The number of hydrogen-bond acceptors (Lipinski definition) is 3. The summed E-state index contributed by atoms with van der Waals surface area (Å²) in [6.07, 6.45) is 3.76. The lowest BCUT2D eigenvalue weighted by Gasteiger charge is -2.27. The van der Waals surface area contributed by atoms with E-state index in [1.165, 1.54) is 0 Å². The third-order valence-corrected chi connectivity index (χ3v) is 3.36. The highest BCUT2D eigenvalue weighted by molar-refractivity contribution is 5.94. The zero-order chi connectivity index (χ0) is 12.4. The number of nitrogens with two attached hydrogens (primary N) is 1. The zero-order valence-corrected chi connectivity index (χ0v) is 10.4. The first-order chi connectivity index (χ1) is 8.09. The topological polar surface area (TPSA) is 59.2 Å². The molecule has 0 aromatic carbocycles. The first-order valence-corrected chi connectivity index (χ1v) is 6.12. The summed E-state index contributed by atoms with van der Waals surface area (Å²) < 4.78 is 0. The minimum Gasteiger partial charge on any atom is -0.384 e. The minimum absolute atomic E-state index is 0.0775. The molecule has 1 aliphatic heterocycles. The molecule has 1 amide bonds. The van der Waals surface area contributed by atoms with E-state index in [4.69, 9.17) is 5.73 Å². The lowest BCUT2D eigenvalue weighted by atomic mass is 10.0. The molecule has 1 fully saturated rings. The predicted molar refractivity (Wildman–Crippen MR) is 67.5 cm³/mol. The Hall–Kier alpha value is -1.58. The van der Waals surface area contributed by atoms with Gasteiger partial charge in [0, 0.05) is 18.8 Å². The quantitative estimate of drug-likeness (QED) is 0.849. The molecule has 0 aliphatic carbocycles. The number of likely N-dealkylation sites (tertiary alicyclic amines) is 1. The van der Waals surface area contributed by atoms with Crippen LogP contribution in [0.4, 0.5) is 5.82 Å². The van der Waals surface area contributed by atoms with Crippen LogP contribution < -0.4 is 5.73 Å². The van der Waals surface area contributed by atoms with Gasteiger partial charge in [0.2, 0.25) is 0 Å². The van der Waals surface area contributed by atoms with Gasteiger partial charge in [-0.1, -0.05) is 13.8 Å². The fourth-order valence-corrected chi connectivity index (χ4v) is 2.44. The summed E-state index contributed by atoms with van der Waals surface area (Å²) in [4.78, 5) is 18.3. The Bertz CT molecular complexity index is 400. The van der Waals surface area contributed by atoms with Gasteiger partial charge in [-0.3, -0.25) is 4.79 Å². The number of carbonyl (C=O) groups excluding carboxylic acids is 1. The Labute approximate surface area is 102 Å². The Balaban J connectivity index is 2.17. The molecular formula is C13H19N3O. The third-order valence-electron chi connectivity index (χ3n) is 3.36. The van der Waals surface area contributed by atoms with E-state index in [-0.39, 0.29) is 5.91 Å². The average molecular weight is 233 g/mol. The summed E-state index contributed by atoms with van der Waals surface area (Å²) in [5.74, 6) is 1.03. The fourth-order valence-electron chi connectivity index (χ4n) is 2.44. The van der Waals surface area contributed by atoms with Crippen molar-refractivity contribution in [2.75, 3.05) is 12.3 Å². The molecule has 4 heteroatoms. The summed E-state index contributed by atoms with van der Waals surface area (Å²) in [6, 6.07) is 3.79. The van der Waals surface area contributed by atoms with Crippen LogP contribution in [0.25, 0.3) is 0 Å². The lowest BCUT2D eigenvalue weighted by molar-refractivity contribution is 0.0701. The van der Waals surface area contributed by atoms with Crippen molar-refractivity contribution in [2.24, 2.45) is 5.92 Å². The van der Waals surface area contributed by atoms with Gasteiger partial charge in [-0.25, -0.2) is 4.98 Å². The third kappa shape index (κ3) is 2.40. The molecule has 1 unspecified atom stereocenters. The minimum atomic E-state index is 0.0775. The summed E-state index contributed by atoms with van der Waals surface area (Å²) in [5.41, 5.74) is 6.15. The average Bonchev–Trinajstić information content (AvgIpc) is 2.78. The number of aromatic nitrogens is 1. The Kier molecular flexibility index (Phi) is 3.31. The van der Waals surface area contributed by atoms with E-state index in [0.29, 0.717) is 23.3 Å². The number of carbonyl (C=O) groups is 1. The highest BCUT2D eigenvalue weighted by Crippen LogP contribution is 2.25. The Morgan fingerprint density at radius 3 is 2.88 bits per heavy atom. The van der Waals surface area contributed by atoms with Crippen LogP contribution in [-0.4, -0.2) is 28.4 Å². The highest BCUT2D eigenvalue weighted by Gasteiger charge is 2.31. The van der Waals surface area contributed by atoms with Crippen LogP contribution in [0.2, 0.25) is 0 Å². The van der Waals surface area contributed by atoms with Crippen molar-refractivity contribution in [2.45, 2.75) is 32.7 Å². The Morgan fingerprint density at radius 1 is 1.53 bits per heavy atom. The molecule has 17 heavy (non-hydrogen) atoms. The molecule has 0 saturated carbocycles. The molecular weight excluding hydrogens is 214 g/mol. The van der Waals surface area contributed by atoms with Crippen LogP contribution >= 0.6 is 0 Å². The molecule has 2 rings (SSSR count). The van der Waals surface area contributed by atoms with Gasteiger partial charge in [-0.05, 0) is 30.9 Å². The van der Waals surface area contributed by atoms with Gasteiger partial charge in [-0.15, -0.1) is 0 Å². The van der Waals surface area contributed by atoms with Crippen molar-refractivity contribution in [3.05, 3.63) is 23.9 Å². The highest BCUT2D eigenvalue weighted by atomic mass is 16.2. The molecule has 1 aromatic rings. The SMILES string of the molecule is CC(C)C1CCCN1C(=O)c1ccc(N)nc1. The second kappa shape index (κ2) is 4.73. The van der Waals surface area contributed by atoms with E-state index < -0.39 is 0 Å².